The van der Waals surface area contributed by atoms with Crippen LogP contribution in [0.3, 0.4) is 0 Å². The molecule has 2 rings (SSSR count). The number of hydrogen-bond donors (Lipinski definition) is 4. The van der Waals surface area contributed by atoms with Gasteiger partial charge >= 0.3 is 11.9 Å². The summed E-state index contributed by atoms with van der Waals surface area (Å²) in [7, 11) is 0. The number of carboxylic acids is 2. The van der Waals surface area contributed by atoms with Crippen LogP contribution in [0, 0.1) is 10.8 Å². The predicted octanol–water partition coefficient (Wildman–Crippen LogP) is 0.0240. The van der Waals surface area contributed by atoms with Crippen LogP contribution in [-0.4, -0.2) is 48.5 Å². The first-order valence-electron chi connectivity index (χ1n) is 6.87. The van der Waals surface area contributed by atoms with Crippen molar-refractivity contribution in [2.24, 2.45) is 22.3 Å². The molecular weight excluding hydrogens is 459 g/mol. The number of ether oxygens (including phenoxy) is 1. The number of rotatable bonds is 4. The molecule has 8 heteroatoms. The fraction of sp³-hybridized carbons (Fsp3) is 0.846. The topological polar surface area (TPSA) is 136 Å². The third kappa shape index (κ3) is 4.74. The number of carbonyl (C=O) groups is 2. The van der Waals surface area contributed by atoms with Gasteiger partial charge in [0, 0.05) is 34.3 Å². The third-order valence-electron chi connectivity index (χ3n) is 4.45. The largest absolute Gasteiger partial charge is 0.480 e. The molecule has 0 bridgehead atoms. The van der Waals surface area contributed by atoms with Crippen molar-refractivity contribution in [3.8, 4) is 0 Å². The molecule has 21 heavy (non-hydrogen) atoms. The number of aliphatic carboxylic acids is 2. The standard InChI is InChI=1S/C7H16N2O.C6H8O4.Pt/c8-5-7(6-9)1-3-10-4-2-7;7-4(8)6(5(9)10)2-1-3-6;/h1-6,8-9H2;1-3H2,(H,7,8)(H,9,10);. The smallest absolute Gasteiger partial charge is 0.321 e. The van der Waals surface area contributed by atoms with E-state index in [-0.39, 0.29) is 39.3 Å². The van der Waals surface area contributed by atoms with Crippen molar-refractivity contribution >= 4 is 11.9 Å². The van der Waals surface area contributed by atoms with Crippen molar-refractivity contribution in [2.75, 3.05) is 26.3 Å². The summed E-state index contributed by atoms with van der Waals surface area (Å²) in [6.07, 6.45) is 3.31. The van der Waals surface area contributed by atoms with Gasteiger partial charge in [-0.2, -0.15) is 0 Å². The zero-order chi connectivity index (χ0) is 15.2. The number of hydrogen-bond acceptors (Lipinski definition) is 5. The van der Waals surface area contributed by atoms with E-state index in [0.29, 0.717) is 19.5 Å². The summed E-state index contributed by atoms with van der Waals surface area (Å²) in [5, 5.41) is 16.9. The molecule has 0 amide bonds. The molecule has 1 aliphatic carbocycles. The number of nitrogens with two attached hydrogens (primary N) is 2. The molecule has 0 atom stereocenters. The predicted molar refractivity (Wildman–Crippen MR) is 72.2 cm³/mol. The van der Waals surface area contributed by atoms with Gasteiger partial charge in [0.2, 0.25) is 0 Å². The monoisotopic (exact) mass is 483 g/mol. The minimum Gasteiger partial charge on any atom is -0.480 e. The van der Waals surface area contributed by atoms with E-state index < -0.39 is 17.4 Å². The molecule has 1 aliphatic heterocycles. The Morgan fingerprint density at radius 3 is 1.52 bits per heavy atom. The van der Waals surface area contributed by atoms with E-state index >= 15 is 0 Å². The van der Waals surface area contributed by atoms with Gasteiger partial charge in [0.25, 0.3) is 0 Å². The Morgan fingerprint density at radius 2 is 1.38 bits per heavy atom. The molecule has 1 saturated carbocycles. The van der Waals surface area contributed by atoms with Crippen LogP contribution in [0.25, 0.3) is 0 Å². The molecule has 1 heterocycles. The van der Waals surface area contributed by atoms with Gasteiger partial charge in [-0.1, -0.05) is 0 Å². The van der Waals surface area contributed by atoms with Crippen molar-refractivity contribution < 1.29 is 45.6 Å². The molecular formula is C13H24N2O5Pt. The minimum atomic E-state index is -1.44. The summed E-state index contributed by atoms with van der Waals surface area (Å²) < 4.78 is 5.22. The molecule has 0 radical (unpaired) electrons. The second kappa shape index (κ2) is 8.83. The first kappa shape index (κ1) is 20.5. The van der Waals surface area contributed by atoms with Crippen molar-refractivity contribution in [1.29, 1.82) is 0 Å². The third-order valence-corrected chi connectivity index (χ3v) is 4.45. The summed E-state index contributed by atoms with van der Waals surface area (Å²) in [4.78, 5) is 20.7. The zero-order valence-corrected chi connectivity index (χ0v) is 14.2. The summed E-state index contributed by atoms with van der Waals surface area (Å²) >= 11 is 0. The van der Waals surface area contributed by atoms with Gasteiger partial charge in [0.05, 0.1) is 0 Å². The second-order valence-electron chi connectivity index (χ2n) is 5.57. The molecule has 0 spiro atoms. The van der Waals surface area contributed by atoms with Crippen LogP contribution >= 0.6 is 0 Å². The summed E-state index contributed by atoms with van der Waals surface area (Å²) in [6.45, 7) is 3.06. The Bertz CT molecular complexity index is 332. The van der Waals surface area contributed by atoms with Crippen molar-refractivity contribution in [3.05, 3.63) is 0 Å². The Kier molecular flexibility index (Phi) is 8.62. The van der Waals surface area contributed by atoms with E-state index in [1.165, 1.54) is 0 Å². The van der Waals surface area contributed by atoms with E-state index in [1.807, 2.05) is 0 Å². The number of carboxylic acid groups (broad SMARTS) is 2. The van der Waals surface area contributed by atoms with Crippen LogP contribution < -0.4 is 11.5 Å². The first-order valence-corrected chi connectivity index (χ1v) is 6.87. The molecule has 126 valence electrons. The molecule has 0 aromatic rings. The van der Waals surface area contributed by atoms with E-state index in [9.17, 15) is 9.59 Å². The molecule has 1 saturated heterocycles. The van der Waals surface area contributed by atoms with Crippen LogP contribution in [0.15, 0.2) is 0 Å². The molecule has 7 nitrogen and oxygen atoms in total. The van der Waals surface area contributed by atoms with Gasteiger partial charge in [-0.3, -0.25) is 9.59 Å². The maximum Gasteiger partial charge on any atom is 0.321 e. The molecule has 0 aromatic carbocycles. The average molecular weight is 483 g/mol. The fourth-order valence-corrected chi connectivity index (χ4v) is 2.35. The Morgan fingerprint density at radius 1 is 0.952 bits per heavy atom. The van der Waals surface area contributed by atoms with Gasteiger partial charge < -0.3 is 26.4 Å². The molecule has 2 aliphatic rings. The van der Waals surface area contributed by atoms with Crippen molar-refractivity contribution in [2.45, 2.75) is 32.1 Å². The van der Waals surface area contributed by atoms with E-state index in [1.54, 1.807) is 0 Å². The summed E-state index contributed by atoms with van der Waals surface area (Å²) in [5.74, 6) is -2.41. The van der Waals surface area contributed by atoms with Gasteiger partial charge in [-0.05, 0) is 50.6 Å². The minimum absolute atomic E-state index is 0. The Labute approximate surface area is 138 Å². The fourth-order valence-electron chi connectivity index (χ4n) is 2.35. The zero-order valence-electron chi connectivity index (χ0n) is 12.0. The molecule has 2 fully saturated rings. The SMILES string of the molecule is NCC1(CN)CCOCC1.O=C(O)C1(C(=O)O)CCC1.[Pt]. The van der Waals surface area contributed by atoms with E-state index in [2.05, 4.69) is 0 Å². The Balaban J connectivity index is 0.000000364. The van der Waals surface area contributed by atoms with Crippen LogP contribution in [0.1, 0.15) is 32.1 Å². The van der Waals surface area contributed by atoms with Gasteiger partial charge in [-0.15, -0.1) is 0 Å². The maximum atomic E-state index is 10.4. The van der Waals surface area contributed by atoms with E-state index in [0.717, 1.165) is 26.1 Å². The molecule has 6 N–H and O–H groups in total. The first-order chi connectivity index (χ1) is 9.42. The molecule has 0 unspecified atom stereocenters. The van der Waals surface area contributed by atoms with Crippen molar-refractivity contribution in [1.82, 2.24) is 0 Å². The maximum absolute atomic E-state index is 10.4. The summed E-state index contributed by atoms with van der Waals surface area (Å²) in [5.41, 5.74) is 9.97. The summed E-state index contributed by atoms with van der Waals surface area (Å²) in [6, 6.07) is 0. The van der Waals surface area contributed by atoms with Gasteiger partial charge in [0.1, 0.15) is 0 Å². The average Bonchev–Trinajstić information content (AvgIpc) is 2.38. The Hall–Kier alpha value is -0.492. The normalized spacial score (nSPS) is 21.8. The molecule has 0 aromatic heterocycles. The van der Waals surface area contributed by atoms with Crippen LogP contribution in [0.4, 0.5) is 0 Å². The van der Waals surface area contributed by atoms with Gasteiger partial charge in [0.15, 0.2) is 5.41 Å². The van der Waals surface area contributed by atoms with Crippen molar-refractivity contribution in [3.63, 3.8) is 0 Å². The van der Waals surface area contributed by atoms with E-state index in [4.69, 9.17) is 26.4 Å². The van der Waals surface area contributed by atoms with Crippen LogP contribution in [-0.2, 0) is 35.4 Å². The van der Waals surface area contributed by atoms with Crippen LogP contribution in [0.2, 0.25) is 0 Å². The van der Waals surface area contributed by atoms with Gasteiger partial charge in [-0.25, -0.2) is 0 Å². The van der Waals surface area contributed by atoms with Crippen LogP contribution in [0.5, 0.6) is 0 Å². The quantitative estimate of drug-likeness (QED) is 0.414. The second-order valence-corrected chi connectivity index (χ2v) is 5.57.